The van der Waals surface area contributed by atoms with Gasteiger partial charge in [-0.2, -0.15) is 0 Å². The Balaban J connectivity index is 2.06. The molecule has 2 atom stereocenters. The number of hydrogen-bond acceptors (Lipinski definition) is 3. The Morgan fingerprint density at radius 1 is 1.42 bits per heavy atom. The third-order valence-electron chi connectivity index (χ3n) is 3.28. The van der Waals surface area contributed by atoms with Gasteiger partial charge in [0.2, 0.25) is 0 Å². The van der Waals surface area contributed by atoms with Gasteiger partial charge in [0.1, 0.15) is 0 Å². The monoisotopic (exact) mass is 261 g/mol. The van der Waals surface area contributed by atoms with Crippen LogP contribution in [0.1, 0.15) is 19.4 Å². The van der Waals surface area contributed by atoms with E-state index < -0.39 is 5.79 Å². The maximum absolute atomic E-state index is 8.51. The normalized spacial score (nSPS) is 22.7. The first-order chi connectivity index (χ1) is 9.11. The third-order valence-corrected chi connectivity index (χ3v) is 3.28. The first kappa shape index (κ1) is 13.9. The Hall–Kier alpha value is -1.55. The molecule has 1 fully saturated rings. The van der Waals surface area contributed by atoms with Gasteiger partial charge in [0.15, 0.2) is 5.79 Å². The molecule has 5 heteroatoms. The standard InChI is InChI=1S/C14H19N3O2/c1-14(2)18-10-13(19-14)12(9-16-17-15)8-11-6-4-3-5-7-11/h3-7,12-13H,8-10H2,1-2H3/t12-,13+/m0/s1. The van der Waals surface area contributed by atoms with Gasteiger partial charge in [-0.15, -0.1) is 0 Å². The molecule has 0 N–H and O–H groups in total. The van der Waals surface area contributed by atoms with Crippen molar-refractivity contribution in [1.82, 2.24) is 0 Å². The minimum atomic E-state index is -0.546. The average Bonchev–Trinajstić information content (AvgIpc) is 2.76. The minimum Gasteiger partial charge on any atom is -0.348 e. The lowest BCUT2D eigenvalue weighted by Crippen LogP contribution is -2.29. The van der Waals surface area contributed by atoms with Crippen molar-refractivity contribution in [2.75, 3.05) is 13.2 Å². The van der Waals surface area contributed by atoms with Crippen LogP contribution in [0.3, 0.4) is 0 Å². The van der Waals surface area contributed by atoms with E-state index in [9.17, 15) is 0 Å². The molecule has 1 saturated heterocycles. The van der Waals surface area contributed by atoms with Crippen LogP contribution in [0.2, 0.25) is 0 Å². The molecule has 102 valence electrons. The summed E-state index contributed by atoms with van der Waals surface area (Å²) in [5.74, 6) is -0.407. The van der Waals surface area contributed by atoms with Crippen LogP contribution in [0.25, 0.3) is 10.4 Å². The molecule has 0 radical (unpaired) electrons. The Morgan fingerprint density at radius 3 is 2.74 bits per heavy atom. The van der Waals surface area contributed by atoms with E-state index in [1.807, 2.05) is 32.0 Å². The summed E-state index contributed by atoms with van der Waals surface area (Å²) in [5, 5.41) is 3.71. The molecule has 1 aromatic carbocycles. The van der Waals surface area contributed by atoms with Crippen LogP contribution in [0.4, 0.5) is 0 Å². The zero-order valence-electron chi connectivity index (χ0n) is 11.3. The smallest absolute Gasteiger partial charge is 0.163 e. The second-order valence-corrected chi connectivity index (χ2v) is 5.23. The van der Waals surface area contributed by atoms with Crippen molar-refractivity contribution in [2.45, 2.75) is 32.2 Å². The van der Waals surface area contributed by atoms with E-state index >= 15 is 0 Å². The second kappa shape index (κ2) is 6.06. The van der Waals surface area contributed by atoms with Crippen LogP contribution in [-0.4, -0.2) is 25.0 Å². The van der Waals surface area contributed by atoms with Crippen molar-refractivity contribution in [3.8, 4) is 0 Å². The number of hydrogen-bond donors (Lipinski definition) is 0. The van der Waals surface area contributed by atoms with E-state index in [0.717, 1.165) is 6.42 Å². The molecular weight excluding hydrogens is 242 g/mol. The van der Waals surface area contributed by atoms with Gasteiger partial charge in [0.25, 0.3) is 0 Å². The van der Waals surface area contributed by atoms with E-state index in [4.69, 9.17) is 15.0 Å². The summed E-state index contributed by atoms with van der Waals surface area (Å²) < 4.78 is 11.5. The summed E-state index contributed by atoms with van der Waals surface area (Å²) in [6.07, 6.45) is 0.796. The Labute approximate surface area is 113 Å². The van der Waals surface area contributed by atoms with Gasteiger partial charge >= 0.3 is 0 Å². The van der Waals surface area contributed by atoms with Crippen molar-refractivity contribution in [3.63, 3.8) is 0 Å². The van der Waals surface area contributed by atoms with Crippen molar-refractivity contribution in [3.05, 3.63) is 46.3 Å². The highest BCUT2D eigenvalue weighted by molar-refractivity contribution is 5.15. The van der Waals surface area contributed by atoms with Gasteiger partial charge < -0.3 is 9.47 Å². The lowest BCUT2D eigenvalue weighted by Gasteiger charge is -2.23. The van der Waals surface area contributed by atoms with Crippen molar-refractivity contribution < 1.29 is 9.47 Å². The fourth-order valence-corrected chi connectivity index (χ4v) is 2.32. The van der Waals surface area contributed by atoms with E-state index in [1.165, 1.54) is 5.56 Å². The topological polar surface area (TPSA) is 67.2 Å². The minimum absolute atomic E-state index is 0.0271. The van der Waals surface area contributed by atoms with Crippen LogP contribution in [0.5, 0.6) is 0 Å². The lowest BCUT2D eigenvalue weighted by atomic mass is 9.94. The molecule has 0 amide bonds. The summed E-state index contributed by atoms with van der Waals surface area (Å²) in [6.45, 7) is 4.78. The molecule has 1 aliphatic heterocycles. The summed E-state index contributed by atoms with van der Waals surface area (Å²) in [6, 6.07) is 10.2. The van der Waals surface area contributed by atoms with Gasteiger partial charge in [0.05, 0.1) is 12.7 Å². The summed E-state index contributed by atoms with van der Waals surface area (Å²) in [5.41, 5.74) is 9.73. The Morgan fingerprint density at radius 2 is 2.16 bits per heavy atom. The highest BCUT2D eigenvalue weighted by atomic mass is 16.7. The second-order valence-electron chi connectivity index (χ2n) is 5.23. The summed E-state index contributed by atoms with van der Waals surface area (Å²) in [4.78, 5) is 2.85. The molecule has 5 nitrogen and oxygen atoms in total. The van der Waals surface area contributed by atoms with Gasteiger partial charge in [-0.3, -0.25) is 0 Å². The number of azide groups is 1. The molecule has 0 aliphatic carbocycles. The Bertz CT molecular complexity index is 455. The van der Waals surface area contributed by atoms with E-state index in [-0.39, 0.29) is 12.0 Å². The van der Waals surface area contributed by atoms with Crippen LogP contribution in [-0.2, 0) is 15.9 Å². The van der Waals surface area contributed by atoms with Gasteiger partial charge in [-0.1, -0.05) is 35.4 Å². The molecule has 1 aromatic rings. The van der Waals surface area contributed by atoms with Gasteiger partial charge in [0, 0.05) is 11.5 Å². The van der Waals surface area contributed by atoms with E-state index in [2.05, 4.69) is 22.2 Å². The molecule has 1 heterocycles. The molecule has 0 bridgehead atoms. The number of ether oxygens (including phenoxy) is 2. The maximum atomic E-state index is 8.51. The van der Waals surface area contributed by atoms with E-state index in [1.54, 1.807) is 0 Å². The zero-order valence-corrected chi connectivity index (χ0v) is 11.3. The fraction of sp³-hybridized carbons (Fsp3) is 0.571. The average molecular weight is 261 g/mol. The summed E-state index contributed by atoms with van der Waals surface area (Å²) in [7, 11) is 0. The quantitative estimate of drug-likeness (QED) is 0.463. The molecule has 0 saturated carbocycles. The van der Waals surface area contributed by atoms with Crippen molar-refractivity contribution in [2.24, 2.45) is 11.0 Å². The largest absolute Gasteiger partial charge is 0.348 e. The number of benzene rings is 1. The molecule has 19 heavy (non-hydrogen) atoms. The SMILES string of the molecule is CC1(C)OC[C@H]([C@H](CN=[N+]=[N-])Cc2ccccc2)O1. The zero-order chi connectivity index (χ0) is 13.7. The van der Waals surface area contributed by atoms with Gasteiger partial charge in [-0.25, -0.2) is 0 Å². The van der Waals surface area contributed by atoms with Crippen LogP contribution in [0, 0.1) is 5.92 Å². The first-order valence-corrected chi connectivity index (χ1v) is 6.47. The van der Waals surface area contributed by atoms with E-state index in [0.29, 0.717) is 13.2 Å². The number of rotatable bonds is 5. The molecule has 0 spiro atoms. The molecule has 0 unspecified atom stereocenters. The van der Waals surface area contributed by atoms with Gasteiger partial charge in [-0.05, 0) is 37.3 Å². The fourth-order valence-electron chi connectivity index (χ4n) is 2.32. The maximum Gasteiger partial charge on any atom is 0.163 e. The predicted octanol–water partition coefficient (Wildman–Crippen LogP) is 3.31. The van der Waals surface area contributed by atoms with Crippen molar-refractivity contribution >= 4 is 0 Å². The molecule has 0 aromatic heterocycles. The molecular formula is C14H19N3O2. The van der Waals surface area contributed by atoms with Crippen LogP contribution >= 0.6 is 0 Å². The Kier molecular flexibility index (Phi) is 4.43. The highest BCUT2D eigenvalue weighted by Crippen LogP contribution is 2.28. The lowest BCUT2D eigenvalue weighted by molar-refractivity contribution is -0.143. The third kappa shape index (κ3) is 3.96. The molecule has 1 aliphatic rings. The predicted molar refractivity (Wildman–Crippen MR) is 72.6 cm³/mol. The number of nitrogens with zero attached hydrogens (tertiary/aromatic N) is 3. The highest BCUT2D eigenvalue weighted by Gasteiger charge is 2.36. The van der Waals surface area contributed by atoms with Crippen molar-refractivity contribution in [1.29, 1.82) is 0 Å². The van der Waals surface area contributed by atoms with Crippen LogP contribution in [0.15, 0.2) is 35.4 Å². The molecule has 2 rings (SSSR count). The first-order valence-electron chi connectivity index (χ1n) is 6.47. The van der Waals surface area contributed by atoms with Crippen LogP contribution < -0.4 is 0 Å². The summed E-state index contributed by atoms with van der Waals surface area (Å²) >= 11 is 0.